The fraction of sp³-hybridized carbons (Fsp3) is 1.00. The minimum Gasteiger partial charge on any atom is -0.378 e. The first kappa shape index (κ1) is 10.0. The Hall–Kier alpha value is -0.160. The summed E-state index contributed by atoms with van der Waals surface area (Å²) in [5, 5.41) is 3.40. The molecular formula is C11H20N2O2. The Morgan fingerprint density at radius 2 is 2.07 bits per heavy atom. The van der Waals surface area contributed by atoms with E-state index in [0.717, 1.165) is 52.4 Å². The highest BCUT2D eigenvalue weighted by atomic mass is 16.6. The molecule has 4 nitrogen and oxygen atoms in total. The van der Waals surface area contributed by atoms with Gasteiger partial charge in [0.05, 0.1) is 6.61 Å². The van der Waals surface area contributed by atoms with Crippen LogP contribution in [-0.4, -0.2) is 62.5 Å². The van der Waals surface area contributed by atoms with E-state index in [4.69, 9.17) is 9.47 Å². The topological polar surface area (TPSA) is 33.7 Å². The molecule has 0 bridgehead atoms. The van der Waals surface area contributed by atoms with E-state index in [1.165, 1.54) is 6.42 Å². The van der Waals surface area contributed by atoms with Gasteiger partial charge in [-0.05, 0) is 6.42 Å². The van der Waals surface area contributed by atoms with E-state index in [9.17, 15) is 0 Å². The fourth-order valence-corrected chi connectivity index (χ4v) is 3.18. The maximum atomic E-state index is 5.98. The normalized spacial score (nSPS) is 42.8. The third kappa shape index (κ3) is 1.69. The van der Waals surface area contributed by atoms with Gasteiger partial charge in [-0.3, -0.25) is 4.90 Å². The van der Waals surface area contributed by atoms with E-state index < -0.39 is 0 Å². The van der Waals surface area contributed by atoms with Crippen LogP contribution in [0.1, 0.15) is 12.8 Å². The molecule has 3 aliphatic heterocycles. The summed E-state index contributed by atoms with van der Waals surface area (Å²) >= 11 is 0. The van der Waals surface area contributed by atoms with Crippen molar-refractivity contribution in [3.63, 3.8) is 0 Å². The number of nitrogens with one attached hydrogen (secondary N) is 1. The average Bonchev–Trinajstić information content (AvgIpc) is 2.91. The molecule has 2 unspecified atom stereocenters. The largest absolute Gasteiger partial charge is 0.378 e. The van der Waals surface area contributed by atoms with Crippen LogP contribution in [0.3, 0.4) is 0 Å². The van der Waals surface area contributed by atoms with Gasteiger partial charge in [0.15, 0.2) is 0 Å². The van der Waals surface area contributed by atoms with Crippen LogP contribution in [0.25, 0.3) is 0 Å². The van der Waals surface area contributed by atoms with Crippen molar-refractivity contribution in [1.29, 1.82) is 0 Å². The molecule has 0 aromatic carbocycles. The summed E-state index contributed by atoms with van der Waals surface area (Å²) in [5.74, 6) is 0. The Labute approximate surface area is 90.9 Å². The Morgan fingerprint density at radius 3 is 2.80 bits per heavy atom. The van der Waals surface area contributed by atoms with Gasteiger partial charge >= 0.3 is 0 Å². The standard InChI is InChI=1S/C11H20N2O2/c1-7-15-11(2-8-14-9-11)10(1)13-5-3-12-4-6-13/h10,12H,1-9H2. The van der Waals surface area contributed by atoms with Crippen molar-refractivity contribution >= 4 is 0 Å². The third-order valence-corrected chi connectivity index (χ3v) is 4.00. The highest BCUT2D eigenvalue weighted by molar-refractivity contribution is 5.01. The minimum absolute atomic E-state index is 0.0390. The Balaban J connectivity index is 1.72. The van der Waals surface area contributed by atoms with Crippen molar-refractivity contribution in [2.45, 2.75) is 24.5 Å². The van der Waals surface area contributed by atoms with Gasteiger partial charge in [0.2, 0.25) is 0 Å². The molecule has 15 heavy (non-hydrogen) atoms. The molecule has 1 spiro atoms. The van der Waals surface area contributed by atoms with Gasteiger partial charge in [0.25, 0.3) is 0 Å². The summed E-state index contributed by atoms with van der Waals surface area (Å²) in [4.78, 5) is 2.60. The molecule has 0 aliphatic carbocycles. The maximum absolute atomic E-state index is 5.98. The second kappa shape index (κ2) is 4.01. The zero-order valence-electron chi connectivity index (χ0n) is 9.21. The van der Waals surface area contributed by atoms with E-state index in [0.29, 0.717) is 6.04 Å². The van der Waals surface area contributed by atoms with Crippen LogP contribution in [-0.2, 0) is 9.47 Å². The smallest absolute Gasteiger partial charge is 0.109 e. The summed E-state index contributed by atoms with van der Waals surface area (Å²) in [6, 6.07) is 0.599. The SMILES string of the molecule is C1CN(C2CCOC23CCOC3)CCN1. The monoisotopic (exact) mass is 212 g/mol. The van der Waals surface area contributed by atoms with Crippen LogP contribution >= 0.6 is 0 Å². The van der Waals surface area contributed by atoms with Gasteiger partial charge in [0, 0.05) is 51.9 Å². The molecule has 0 saturated carbocycles. The lowest BCUT2D eigenvalue weighted by molar-refractivity contribution is -0.0455. The zero-order valence-corrected chi connectivity index (χ0v) is 9.21. The van der Waals surface area contributed by atoms with E-state index in [1.807, 2.05) is 0 Å². The molecule has 3 saturated heterocycles. The van der Waals surface area contributed by atoms with E-state index in [2.05, 4.69) is 10.2 Å². The molecule has 86 valence electrons. The van der Waals surface area contributed by atoms with Crippen molar-refractivity contribution < 1.29 is 9.47 Å². The molecule has 3 aliphatic rings. The van der Waals surface area contributed by atoms with Crippen LogP contribution in [0.2, 0.25) is 0 Å². The second-order valence-electron chi connectivity index (χ2n) is 4.81. The quantitative estimate of drug-likeness (QED) is 0.655. The molecule has 1 N–H and O–H groups in total. The number of rotatable bonds is 1. The van der Waals surface area contributed by atoms with Crippen molar-refractivity contribution in [2.24, 2.45) is 0 Å². The second-order valence-corrected chi connectivity index (χ2v) is 4.81. The van der Waals surface area contributed by atoms with E-state index >= 15 is 0 Å². The van der Waals surface area contributed by atoms with Crippen LogP contribution in [0.15, 0.2) is 0 Å². The van der Waals surface area contributed by atoms with Crippen molar-refractivity contribution in [3.05, 3.63) is 0 Å². The Kier molecular flexibility index (Phi) is 2.68. The number of nitrogens with zero attached hydrogens (tertiary/aromatic N) is 1. The first-order valence-electron chi connectivity index (χ1n) is 6.07. The molecule has 2 atom stereocenters. The first-order chi connectivity index (χ1) is 7.41. The third-order valence-electron chi connectivity index (χ3n) is 4.00. The van der Waals surface area contributed by atoms with Crippen LogP contribution < -0.4 is 5.32 Å². The van der Waals surface area contributed by atoms with Crippen molar-refractivity contribution in [3.8, 4) is 0 Å². The lowest BCUT2D eigenvalue weighted by Gasteiger charge is -2.39. The maximum Gasteiger partial charge on any atom is 0.109 e. The summed E-state index contributed by atoms with van der Waals surface area (Å²) < 4.78 is 11.5. The predicted octanol–water partition coefficient (Wildman–Crippen LogP) is -0.160. The van der Waals surface area contributed by atoms with Crippen LogP contribution in [0, 0.1) is 0 Å². The molecule has 3 fully saturated rings. The van der Waals surface area contributed by atoms with E-state index in [-0.39, 0.29) is 5.60 Å². The van der Waals surface area contributed by atoms with Gasteiger partial charge in [0.1, 0.15) is 5.60 Å². The van der Waals surface area contributed by atoms with Crippen LogP contribution in [0.5, 0.6) is 0 Å². The summed E-state index contributed by atoms with van der Waals surface area (Å²) in [6.07, 6.45) is 2.27. The van der Waals surface area contributed by atoms with Crippen LogP contribution in [0.4, 0.5) is 0 Å². The minimum atomic E-state index is 0.0390. The lowest BCUT2D eigenvalue weighted by Crippen LogP contribution is -2.56. The van der Waals surface area contributed by atoms with Gasteiger partial charge in [-0.15, -0.1) is 0 Å². The molecule has 3 rings (SSSR count). The lowest BCUT2D eigenvalue weighted by atomic mass is 9.91. The number of hydrogen-bond acceptors (Lipinski definition) is 4. The summed E-state index contributed by atoms with van der Waals surface area (Å²) in [5.41, 5.74) is 0.0390. The highest BCUT2D eigenvalue weighted by Crippen LogP contribution is 2.37. The predicted molar refractivity (Wildman–Crippen MR) is 57.0 cm³/mol. The molecule has 0 radical (unpaired) electrons. The zero-order chi connectivity index (χ0) is 10.1. The number of ether oxygens (including phenoxy) is 2. The average molecular weight is 212 g/mol. The fourth-order valence-electron chi connectivity index (χ4n) is 3.18. The first-order valence-corrected chi connectivity index (χ1v) is 6.07. The molecule has 3 heterocycles. The molecular weight excluding hydrogens is 192 g/mol. The Morgan fingerprint density at radius 1 is 1.20 bits per heavy atom. The molecule has 0 aromatic heterocycles. The molecule has 0 aromatic rings. The molecule has 4 heteroatoms. The van der Waals surface area contributed by atoms with Crippen molar-refractivity contribution in [1.82, 2.24) is 10.2 Å². The van der Waals surface area contributed by atoms with Gasteiger partial charge in [-0.2, -0.15) is 0 Å². The van der Waals surface area contributed by atoms with E-state index in [1.54, 1.807) is 0 Å². The van der Waals surface area contributed by atoms with Gasteiger partial charge in [-0.1, -0.05) is 0 Å². The number of hydrogen-bond donors (Lipinski definition) is 1. The summed E-state index contributed by atoms with van der Waals surface area (Å²) in [7, 11) is 0. The number of piperazine rings is 1. The molecule has 0 amide bonds. The van der Waals surface area contributed by atoms with Gasteiger partial charge < -0.3 is 14.8 Å². The van der Waals surface area contributed by atoms with Gasteiger partial charge in [-0.25, -0.2) is 0 Å². The highest BCUT2D eigenvalue weighted by Gasteiger charge is 2.49. The Bertz CT molecular complexity index is 217. The summed E-state index contributed by atoms with van der Waals surface area (Å²) in [6.45, 7) is 7.16. The van der Waals surface area contributed by atoms with Crippen molar-refractivity contribution in [2.75, 3.05) is 46.0 Å².